The molecule has 1 aliphatic heterocycles. The van der Waals surface area contributed by atoms with Gasteiger partial charge in [-0.15, -0.1) is 0 Å². The van der Waals surface area contributed by atoms with Crippen molar-refractivity contribution < 1.29 is 23.8 Å². The third kappa shape index (κ3) is 2.29. The minimum Gasteiger partial charge on any atom is -0.465 e. The number of furan rings is 1. The van der Waals surface area contributed by atoms with Gasteiger partial charge in [0.25, 0.3) is 0 Å². The fourth-order valence-electron chi connectivity index (χ4n) is 3.65. The Bertz CT molecular complexity index is 542. The number of fused-ring (bicyclic) bond motifs is 1. The molecular weight excluding hydrogens is 340 g/mol. The maximum Gasteiger partial charge on any atom is 0.179 e. The van der Waals surface area contributed by atoms with Crippen molar-refractivity contribution in [2.24, 2.45) is 5.41 Å². The minimum atomic E-state index is -1.38. The number of carbonyl (C=O) groups excluding carboxylic acids is 1. The molecule has 3 rings (SSSR count). The highest BCUT2D eigenvalue weighted by Crippen LogP contribution is 2.60. The van der Waals surface area contributed by atoms with Gasteiger partial charge in [-0.2, -0.15) is 0 Å². The molecule has 2 heterocycles. The van der Waals surface area contributed by atoms with E-state index in [4.69, 9.17) is 13.9 Å². The van der Waals surface area contributed by atoms with Crippen molar-refractivity contribution in [2.75, 3.05) is 13.7 Å². The first-order valence-corrected chi connectivity index (χ1v) is 7.97. The van der Waals surface area contributed by atoms with Gasteiger partial charge in [0.05, 0.1) is 16.2 Å². The van der Waals surface area contributed by atoms with Gasteiger partial charge in [-0.25, -0.2) is 0 Å². The van der Waals surface area contributed by atoms with Gasteiger partial charge in [0.2, 0.25) is 0 Å². The summed E-state index contributed by atoms with van der Waals surface area (Å²) >= 11 is 3.41. The van der Waals surface area contributed by atoms with Crippen molar-refractivity contribution in [3.05, 3.63) is 22.6 Å². The summed E-state index contributed by atoms with van der Waals surface area (Å²) in [4.78, 5) is 12.5. The average Bonchev–Trinajstić information content (AvgIpc) is 3.05. The molecule has 0 aromatic carbocycles. The van der Waals surface area contributed by atoms with Crippen LogP contribution in [0.4, 0.5) is 0 Å². The Labute approximate surface area is 131 Å². The Balaban J connectivity index is 1.87. The first-order valence-electron chi connectivity index (χ1n) is 7.18. The zero-order valence-corrected chi connectivity index (χ0v) is 13.5. The van der Waals surface area contributed by atoms with Gasteiger partial charge in [0.15, 0.2) is 5.79 Å². The first-order chi connectivity index (χ1) is 10.0. The SMILES string of the molecule is COCCC[C@]12CC(c3occc3Br)O[C@@]1(O)CCC2=O. The molecule has 21 heavy (non-hydrogen) atoms. The molecule has 2 aliphatic rings. The Morgan fingerprint density at radius 1 is 1.57 bits per heavy atom. The molecule has 3 atom stereocenters. The molecule has 1 aliphatic carbocycles. The molecule has 0 radical (unpaired) electrons. The van der Waals surface area contributed by atoms with Gasteiger partial charge in [-0.3, -0.25) is 4.79 Å². The van der Waals surface area contributed by atoms with Crippen LogP contribution in [0.25, 0.3) is 0 Å². The molecular formula is C15H19BrO5. The quantitative estimate of drug-likeness (QED) is 0.819. The lowest BCUT2D eigenvalue weighted by atomic mass is 9.74. The Hall–Kier alpha value is -0.690. The molecule has 1 aromatic rings. The molecule has 5 nitrogen and oxygen atoms in total. The summed E-state index contributed by atoms with van der Waals surface area (Å²) in [6.07, 6.45) is 3.65. The van der Waals surface area contributed by atoms with Crippen molar-refractivity contribution in [3.63, 3.8) is 0 Å². The predicted molar refractivity (Wildman–Crippen MR) is 77.6 cm³/mol. The summed E-state index contributed by atoms with van der Waals surface area (Å²) < 4.78 is 17.2. The zero-order valence-electron chi connectivity index (χ0n) is 11.9. The van der Waals surface area contributed by atoms with Gasteiger partial charge in [-0.1, -0.05) is 0 Å². The third-order valence-corrected chi connectivity index (χ3v) is 5.39. The number of ketones is 1. The summed E-state index contributed by atoms with van der Waals surface area (Å²) in [6, 6.07) is 1.79. The van der Waals surface area contributed by atoms with E-state index >= 15 is 0 Å². The fraction of sp³-hybridized carbons (Fsp3) is 0.667. The molecule has 1 saturated carbocycles. The smallest absolute Gasteiger partial charge is 0.179 e. The van der Waals surface area contributed by atoms with E-state index in [-0.39, 0.29) is 5.78 Å². The molecule has 1 aromatic heterocycles. The number of hydrogen-bond acceptors (Lipinski definition) is 5. The van der Waals surface area contributed by atoms with Crippen LogP contribution in [0.15, 0.2) is 21.2 Å². The van der Waals surface area contributed by atoms with Crippen molar-refractivity contribution in [1.82, 2.24) is 0 Å². The highest BCUT2D eigenvalue weighted by atomic mass is 79.9. The largest absolute Gasteiger partial charge is 0.465 e. The monoisotopic (exact) mass is 358 g/mol. The summed E-state index contributed by atoms with van der Waals surface area (Å²) in [5, 5.41) is 10.9. The molecule has 1 unspecified atom stereocenters. The van der Waals surface area contributed by atoms with Crippen LogP contribution in [0.3, 0.4) is 0 Å². The van der Waals surface area contributed by atoms with E-state index in [0.717, 1.165) is 10.9 Å². The van der Waals surface area contributed by atoms with Crippen molar-refractivity contribution in [2.45, 2.75) is 44.0 Å². The van der Waals surface area contributed by atoms with Gasteiger partial charge >= 0.3 is 0 Å². The van der Waals surface area contributed by atoms with Crippen LogP contribution < -0.4 is 0 Å². The molecule has 6 heteroatoms. The van der Waals surface area contributed by atoms with E-state index in [1.807, 2.05) is 0 Å². The second kappa shape index (κ2) is 5.50. The molecule has 0 amide bonds. The van der Waals surface area contributed by atoms with Crippen LogP contribution in [0, 0.1) is 5.41 Å². The topological polar surface area (TPSA) is 68.9 Å². The second-order valence-corrected chi connectivity index (χ2v) is 6.68. The van der Waals surface area contributed by atoms with Gasteiger partial charge in [0, 0.05) is 26.6 Å². The lowest BCUT2D eigenvalue weighted by molar-refractivity contribution is -0.229. The first kappa shape index (κ1) is 15.2. The minimum absolute atomic E-state index is 0.0891. The van der Waals surface area contributed by atoms with Gasteiger partial charge in [-0.05, 0) is 41.3 Å². The molecule has 0 bridgehead atoms. The van der Waals surface area contributed by atoms with Crippen molar-refractivity contribution >= 4 is 21.7 Å². The third-order valence-electron chi connectivity index (χ3n) is 4.73. The van der Waals surface area contributed by atoms with E-state index < -0.39 is 17.3 Å². The summed E-state index contributed by atoms with van der Waals surface area (Å²) in [7, 11) is 1.63. The number of hydrogen-bond donors (Lipinski definition) is 1. The molecule has 116 valence electrons. The number of aliphatic hydroxyl groups is 1. The highest BCUT2D eigenvalue weighted by Gasteiger charge is 2.66. The lowest BCUT2D eigenvalue weighted by Gasteiger charge is -2.32. The standard InChI is InChI=1S/C15H19BrO5/c1-19-7-2-5-14-9-11(13-10(16)4-8-20-13)21-15(14,18)6-3-12(14)17/h4,8,11,18H,2-3,5-7,9H2,1H3/t11?,14-,15+/m1/s1. The zero-order chi connectivity index (χ0) is 15.1. The van der Waals surface area contributed by atoms with E-state index in [2.05, 4.69) is 15.9 Å². The maximum absolute atomic E-state index is 12.5. The lowest BCUT2D eigenvalue weighted by Crippen LogP contribution is -2.44. The number of halogens is 1. The molecule has 0 spiro atoms. The van der Waals surface area contributed by atoms with Crippen LogP contribution in [0.2, 0.25) is 0 Å². The summed E-state index contributed by atoms with van der Waals surface area (Å²) in [5.74, 6) is -0.655. The second-order valence-electron chi connectivity index (χ2n) is 5.83. The van der Waals surface area contributed by atoms with Crippen molar-refractivity contribution in [3.8, 4) is 0 Å². The molecule has 1 N–H and O–H groups in total. The Morgan fingerprint density at radius 3 is 3.05 bits per heavy atom. The van der Waals surface area contributed by atoms with Crippen LogP contribution in [-0.2, 0) is 14.3 Å². The van der Waals surface area contributed by atoms with E-state index in [1.54, 1.807) is 19.4 Å². The number of carbonyl (C=O) groups is 1. The van der Waals surface area contributed by atoms with Gasteiger partial charge < -0.3 is 19.0 Å². The van der Waals surface area contributed by atoms with E-state index in [0.29, 0.717) is 38.1 Å². The number of ether oxygens (including phenoxy) is 2. The Morgan fingerprint density at radius 2 is 2.38 bits per heavy atom. The van der Waals surface area contributed by atoms with E-state index in [9.17, 15) is 9.90 Å². The normalized spacial score (nSPS) is 35.4. The Kier molecular flexibility index (Phi) is 3.98. The van der Waals surface area contributed by atoms with Crippen molar-refractivity contribution in [1.29, 1.82) is 0 Å². The fourth-order valence-corrected chi connectivity index (χ4v) is 4.11. The molecule has 2 fully saturated rings. The summed E-state index contributed by atoms with van der Waals surface area (Å²) in [5.41, 5.74) is -0.831. The van der Waals surface area contributed by atoms with Gasteiger partial charge in [0.1, 0.15) is 17.6 Å². The predicted octanol–water partition coefficient (Wildman–Crippen LogP) is 2.97. The van der Waals surface area contributed by atoms with Crippen LogP contribution in [0.1, 0.15) is 44.0 Å². The highest BCUT2D eigenvalue weighted by molar-refractivity contribution is 9.10. The van der Waals surface area contributed by atoms with Crippen LogP contribution in [-0.4, -0.2) is 30.4 Å². The number of methoxy groups -OCH3 is 1. The van der Waals surface area contributed by atoms with Crippen LogP contribution >= 0.6 is 15.9 Å². The summed E-state index contributed by atoms with van der Waals surface area (Å²) in [6.45, 7) is 0.570. The van der Waals surface area contributed by atoms with Crippen LogP contribution in [0.5, 0.6) is 0 Å². The number of Topliss-reactive ketones (excluding diaryl/α,β-unsaturated/α-hetero) is 1. The average molecular weight is 359 g/mol. The van der Waals surface area contributed by atoms with E-state index in [1.165, 1.54) is 0 Å². The number of rotatable bonds is 5. The molecule has 1 saturated heterocycles. The maximum atomic E-state index is 12.5.